The number of rotatable bonds is 7. The van der Waals surface area contributed by atoms with Crippen LogP contribution in [0.2, 0.25) is 0 Å². The Hall–Kier alpha value is -3.59. The molecule has 8 nitrogen and oxygen atoms in total. The molecule has 3 heterocycles. The van der Waals surface area contributed by atoms with Crippen LogP contribution in [0.25, 0.3) is 6.08 Å². The molecule has 4 rings (SSSR count). The highest BCUT2D eigenvalue weighted by atomic mass is 32.1. The first-order valence-corrected chi connectivity index (χ1v) is 11.8. The molecule has 0 radical (unpaired) electrons. The molecular formula is C25H27N3O5S. The van der Waals surface area contributed by atoms with Crippen molar-refractivity contribution < 1.29 is 18.7 Å². The summed E-state index contributed by atoms with van der Waals surface area (Å²) in [5, 5.41) is 0. The van der Waals surface area contributed by atoms with E-state index < -0.39 is 12.0 Å². The first-order chi connectivity index (χ1) is 16.3. The smallest absolute Gasteiger partial charge is 0.338 e. The zero-order valence-electron chi connectivity index (χ0n) is 19.8. The molecule has 0 saturated heterocycles. The van der Waals surface area contributed by atoms with E-state index in [4.69, 9.17) is 13.9 Å². The second kappa shape index (κ2) is 9.72. The molecule has 1 aromatic carbocycles. The van der Waals surface area contributed by atoms with Gasteiger partial charge in [0, 0.05) is 26.2 Å². The van der Waals surface area contributed by atoms with E-state index in [2.05, 4.69) is 4.99 Å². The standard InChI is InChI=1S/C25H27N3O5S/c1-6-31-17-10-8-16(9-11-17)22-21(24(30)32-7-2)15(3)26-25-28(22)23(29)19(34-25)14-18-12-13-20(33-18)27(4)5/h8-14,22H,6-7H2,1-5H3/b19-14-/t22-/m0/s1. The Kier molecular flexibility index (Phi) is 6.74. The number of anilines is 1. The molecule has 0 bridgehead atoms. The largest absolute Gasteiger partial charge is 0.494 e. The van der Waals surface area contributed by atoms with Crippen molar-refractivity contribution in [1.82, 2.24) is 4.57 Å². The fourth-order valence-corrected chi connectivity index (χ4v) is 4.84. The Morgan fingerprint density at radius 2 is 1.91 bits per heavy atom. The molecule has 2 aromatic heterocycles. The molecule has 0 saturated carbocycles. The average Bonchev–Trinajstić information content (AvgIpc) is 3.39. The van der Waals surface area contributed by atoms with Gasteiger partial charge in [0.15, 0.2) is 10.7 Å². The third kappa shape index (κ3) is 4.43. The van der Waals surface area contributed by atoms with E-state index >= 15 is 0 Å². The first-order valence-electron chi connectivity index (χ1n) is 11.0. The number of thiazole rings is 1. The highest BCUT2D eigenvalue weighted by Crippen LogP contribution is 2.31. The third-order valence-electron chi connectivity index (χ3n) is 5.35. The molecule has 9 heteroatoms. The Labute approximate surface area is 201 Å². The fourth-order valence-electron chi connectivity index (χ4n) is 3.81. The molecule has 0 N–H and O–H groups in total. The van der Waals surface area contributed by atoms with Gasteiger partial charge in [0.1, 0.15) is 11.5 Å². The summed E-state index contributed by atoms with van der Waals surface area (Å²) in [6.45, 7) is 6.20. The Morgan fingerprint density at radius 1 is 1.18 bits per heavy atom. The molecule has 0 spiro atoms. The predicted octanol–water partition coefficient (Wildman–Crippen LogP) is 2.86. The van der Waals surface area contributed by atoms with Crippen molar-refractivity contribution in [1.29, 1.82) is 0 Å². The minimum absolute atomic E-state index is 0.225. The molecule has 178 valence electrons. The van der Waals surface area contributed by atoms with Gasteiger partial charge in [0.05, 0.1) is 35.1 Å². The number of allylic oxidation sites excluding steroid dienone is 1. The lowest BCUT2D eigenvalue weighted by molar-refractivity contribution is -0.139. The molecule has 0 unspecified atom stereocenters. The number of esters is 1. The van der Waals surface area contributed by atoms with E-state index in [-0.39, 0.29) is 12.2 Å². The maximum atomic E-state index is 13.6. The SMILES string of the molecule is CCOC(=O)C1=C(C)N=c2s/c(=C\c3ccc(N(C)C)o3)c(=O)n2[C@H]1c1ccc(OCC)cc1. The summed E-state index contributed by atoms with van der Waals surface area (Å²) in [5.74, 6) is 1.48. The van der Waals surface area contributed by atoms with E-state index in [1.54, 1.807) is 24.5 Å². The van der Waals surface area contributed by atoms with Gasteiger partial charge in [-0.2, -0.15) is 0 Å². The van der Waals surface area contributed by atoms with Crippen LogP contribution in [0.3, 0.4) is 0 Å². The van der Waals surface area contributed by atoms with E-state index in [1.807, 2.05) is 62.3 Å². The number of furan rings is 1. The topological polar surface area (TPSA) is 86.3 Å². The maximum absolute atomic E-state index is 13.6. The Bertz CT molecular complexity index is 1410. The van der Waals surface area contributed by atoms with Crippen molar-refractivity contribution in [2.45, 2.75) is 26.8 Å². The highest BCUT2D eigenvalue weighted by Gasteiger charge is 2.33. The van der Waals surface area contributed by atoms with E-state index in [0.29, 0.717) is 44.6 Å². The summed E-state index contributed by atoms with van der Waals surface area (Å²) >= 11 is 1.26. The van der Waals surface area contributed by atoms with Crippen molar-refractivity contribution >= 4 is 29.3 Å². The quantitative estimate of drug-likeness (QED) is 0.483. The Balaban J connectivity index is 1.88. The van der Waals surface area contributed by atoms with E-state index in [1.165, 1.54) is 11.3 Å². The number of fused-ring (bicyclic) bond motifs is 1. The fraction of sp³-hybridized carbons (Fsp3) is 0.320. The summed E-state index contributed by atoms with van der Waals surface area (Å²) in [6, 6.07) is 10.4. The lowest BCUT2D eigenvalue weighted by Gasteiger charge is -2.24. The third-order valence-corrected chi connectivity index (χ3v) is 6.33. The number of carbonyl (C=O) groups excluding carboxylic acids is 1. The van der Waals surface area contributed by atoms with Gasteiger partial charge in [0.25, 0.3) is 5.56 Å². The summed E-state index contributed by atoms with van der Waals surface area (Å²) in [6.07, 6.45) is 1.70. The molecule has 34 heavy (non-hydrogen) atoms. The molecule has 0 amide bonds. The predicted molar refractivity (Wildman–Crippen MR) is 131 cm³/mol. The van der Waals surface area contributed by atoms with Crippen molar-refractivity contribution in [3.05, 3.63) is 78.7 Å². The summed E-state index contributed by atoms with van der Waals surface area (Å²) < 4.78 is 18.7. The van der Waals surface area contributed by atoms with Gasteiger partial charge in [-0.1, -0.05) is 23.5 Å². The zero-order chi connectivity index (χ0) is 24.4. The van der Waals surface area contributed by atoms with Crippen LogP contribution in [0.15, 0.2) is 61.9 Å². The van der Waals surface area contributed by atoms with Gasteiger partial charge in [-0.3, -0.25) is 9.36 Å². The van der Waals surface area contributed by atoms with Crippen LogP contribution in [-0.2, 0) is 9.53 Å². The lowest BCUT2D eigenvalue weighted by atomic mass is 9.96. The first kappa shape index (κ1) is 23.6. The number of carbonyl (C=O) groups is 1. The number of aromatic nitrogens is 1. The molecule has 1 aliphatic rings. The van der Waals surface area contributed by atoms with Gasteiger partial charge in [-0.25, -0.2) is 9.79 Å². The normalized spacial score (nSPS) is 15.7. The van der Waals surface area contributed by atoms with Crippen LogP contribution in [0.5, 0.6) is 5.75 Å². The van der Waals surface area contributed by atoms with E-state index in [0.717, 1.165) is 5.56 Å². The minimum atomic E-state index is -0.665. The molecule has 0 fully saturated rings. The van der Waals surface area contributed by atoms with Crippen LogP contribution in [-0.4, -0.2) is 37.8 Å². The molecule has 1 atom stereocenters. The minimum Gasteiger partial charge on any atom is -0.494 e. The van der Waals surface area contributed by atoms with Gasteiger partial charge >= 0.3 is 5.97 Å². The number of benzene rings is 1. The van der Waals surface area contributed by atoms with Crippen LogP contribution in [0.4, 0.5) is 5.88 Å². The van der Waals surface area contributed by atoms with Crippen LogP contribution >= 0.6 is 11.3 Å². The Morgan fingerprint density at radius 3 is 2.53 bits per heavy atom. The number of ether oxygens (including phenoxy) is 2. The summed E-state index contributed by atoms with van der Waals surface area (Å²) in [5.41, 5.74) is 1.39. The zero-order valence-corrected chi connectivity index (χ0v) is 20.6. The molecule has 0 aliphatic carbocycles. The number of nitrogens with zero attached hydrogens (tertiary/aromatic N) is 3. The molecular weight excluding hydrogens is 454 g/mol. The number of hydrogen-bond acceptors (Lipinski definition) is 8. The summed E-state index contributed by atoms with van der Waals surface area (Å²) in [7, 11) is 3.76. The van der Waals surface area contributed by atoms with Crippen LogP contribution in [0, 0.1) is 0 Å². The average molecular weight is 482 g/mol. The van der Waals surface area contributed by atoms with Crippen LogP contribution < -0.4 is 24.5 Å². The van der Waals surface area contributed by atoms with Gasteiger partial charge in [-0.15, -0.1) is 0 Å². The van der Waals surface area contributed by atoms with Gasteiger partial charge in [0.2, 0.25) is 0 Å². The van der Waals surface area contributed by atoms with Crippen LogP contribution in [0.1, 0.15) is 38.1 Å². The maximum Gasteiger partial charge on any atom is 0.338 e. The molecule has 3 aromatic rings. The highest BCUT2D eigenvalue weighted by molar-refractivity contribution is 7.07. The lowest BCUT2D eigenvalue weighted by Crippen LogP contribution is -2.39. The van der Waals surface area contributed by atoms with Gasteiger partial charge < -0.3 is 18.8 Å². The van der Waals surface area contributed by atoms with Crippen molar-refractivity contribution in [3.63, 3.8) is 0 Å². The van der Waals surface area contributed by atoms with Crippen molar-refractivity contribution in [3.8, 4) is 5.75 Å². The van der Waals surface area contributed by atoms with Crippen molar-refractivity contribution in [2.75, 3.05) is 32.2 Å². The second-order valence-electron chi connectivity index (χ2n) is 7.87. The number of hydrogen-bond donors (Lipinski definition) is 0. The monoisotopic (exact) mass is 481 g/mol. The summed E-state index contributed by atoms with van der Waals surface area (Å²) in [4.78, 5) is 33.5. The van der Waals surface area contributed by atoms with Gasteiger partial charge in [-0.05, 0) is 44.5 Å². The van der Waals surface area contributed by atoms with Crippen molar-refractivity contribution in [2.24, 2.45) is 4.99 Å². The second-order valence-corrected chi connectivity index (χ2v) is 8.88. The van der Waals surface area contributed by atoms with E-state index in [9.17, 15) is 9.59 Å². The molecule has 1 aliphatic heterocycles.